The van der Waals surface area contributed by atoms with Crippen molar-refractivity contribution in [3.8, 4) is 11.9 Å². The van der Waals surface area contributed by atoms with Crippen molar-refractivity contribution in [1.82, 2.24) is 14.5 Å². The molecule has 2 rings (SSSR count). The largest absolute Gasteiger partial charge is 0.480 e. The third-order valence-electron chi connectivity index (χ3n) is 2.81. The number of carbonyl (C=O) groups is 1. The highest BCUT2D eigenvalue weighted by Crippen LogP contribution is 2.29. The summed E-state index contributed by atoms with van der Waals surface area (Å²) < 4.78 is 12.0. The van der Waals surface area contributed by atoms with Crippen molar-refractivity contribution >= 4 is 16.8 Å². The van der Waals surface area contributed by atoms with E-state index in [2.05, 4.69) is 9.97 Å². The molecule has 0 aliphatic rings. The number of carbonyl (C=O) groups excluding carboxylic acids is 1. The van der Waals surface area contributed by atoms with Gasteiger partial charge in [0.2, 0.25) is 5.88 Å². The molecule has 7 nitrogen and oxygen atoms in total. The number of nitrogens with zero attached hydrogens (tertiary/aromatic N) is 3. The number of ketones is 1. The van der Waals surface area contributed by atoms with Crippen LogP contribution in [-0.2, 0) is 7.05 Å². The van der Waals surface area contributed by atoms with Gasteiger partial charge in [-0.15, -0.1) is 0 Å². The first kappa shape index (κ1) is 13.3. The van der Waals surface area contributed by atoms with Gasteiger partial charge in [-0.25, -0.2) is 0 Å². The molecule has 0 bridgehead atoms. The van der Waals surface area contributed by atoms with Gasteiger partial charge in [-0.3, -0.25) is 4.79 Å². The first-order valence-electron chi connectivity index (χ1n) is 5.80. The van der Waals surface area contributed by atoms with Crippen molar-refractivity contribution in [2.75, 3.05) is 20.8 Å². The highest BCUT2D eigenvalue weighted by molar-refractivity contribution is 6.09. The predicted molar refractivity (Wildman–Crippen MR) is 69.6 cm³/mol. The second-order valence-electron chi connectivity index (χ2n) is 4.03. The van der Waals surface area contributed by atoms with E-state index < -0.39 is 0 Å². The van der Waals surface area contributed by atoms with Gasteiger partial charge in [0.15, 0.2) is 11.4 Å². The van der Waals surface area contributed by atoms with E-state index in [0.717, 1.165) is 0 Å². The highest BCUT2D eigenvalue weighted by atomic mass is 16.5. The summed E-state index contributed by atoms with van der Waals surface area (Å²) >= 11 is 0. The summed E-state index contributed by atoms with van der Waals surface area (Å²) in [5, 5.41) is 0.587. The first-order chi connectivity index (χ1) is 9.12. The zero-order valence-corrected chi connectivity index (χ0v) is 11.1. The molecule has 0 fully saturated rings. The molecule has 0 aliphatic heterocycles. The van der Waals surface area contributed by atoms with Crippen LogP contribution in [0.4, 0.5) is 0 Å². The van der Waals surface area contributed by atoms with Gasteiger partial charge >= 0.3 is 6.01 Å². The molecule has 0 atom stereocenters. The minimum Gasteiger partial charge on any atom is -0.480 e. The Morgan fingerprint density at radius 1 is 1.37 bits per heavy atom. The normalized spacial score (nSPS) is 10.7. The van der Waals surface area contributed by atoms with E-state index in [1.807, 2.05) is 0 Å². The van der Waals surface area contributed by atoms with Gasteiger partial charge in [0.1, 0.15) is 0 Å². The molecular formula is C12H16N4O3. The summed E-state index contributed by atoms with van der Waals surface area (Å²) in [4.78, 5) is 20.4. The van der Waals surface area contributed by atoms with Crippen molar-refractivity contribution < 1.29 is 14.3 Å². The lowest BCUT2D eigenvalue weighted by atomic mass is 10.1. The molecule has 2 aromatic heterocycles. The Balaban J connectivity index is 2.70. The van der Waals surface area contributed by atoms with Gasteiger partial charge in [-0.1, -0.05) is 0 Å². The van der Waals surface area contributed by atoms with E-state index in [1.54, 1.807) is 17.8 Å². The number of ether oxygens (including phenoxy) is 2. The maximum Gasteiger partial charge on any atom is 0.321 e. The molecular weight excluding hydrogens is 248 g/mol. The predicted octanol–water partition coefficient (Wildman–Crippen LogP) is 0.517. The summed E-state index contributed by atoms with van der Waals surface area (Å²) in [5.41, 5.74) is 6.53. The van der Waals surface area contributed by atoms with Crippen LogP contribution < -0.4 is 15.2 Å². The summed E-state index contributed by atoms with van der Waals surface area (Å²) in [6, 6.07) is 0.198. The van der Waals surface area contributed by atoms with Gasteiger partial charge in [0.05, 0.1) is 25.2 Å². The van der Waals surface area contributed by atoms with Gasteiger partial charge < -0.3 is 19.8 Å². The molecule has 19 heavy (non-hydrogen) atoms. The Morgan fingerprint density at radius 2 is 2.11 bits per heavy atom. The van der Waals surface area contributed by atoms with E-state index >= 15 is 0 Å². The number of hydrogen-bond donors (Lipinski definition) is 1. The second-order valence-corrected chi connectivity index (χ2v) is 4.03. The molecule has 2 N–H and O–H groups in total. The molecule has 0 saturated heterocycles. The van der Waals surface area contributed by atoms with Crippen LogP contribution in [0.25, 0.3) is 11.0 Å². The number of aryl methyl sites for hydroxylation is 1. The number of nitrogens with two attached hydrogens (primary N) is 1. The molecule has 2 heterocycles. The number of hydrogen-bond acceptors (Lipinski definition) is 6. The minimum absolute atomic E-state index is 0.0554. The SMILES string of the molecule is COc1nc(OC)c2c(C(=O)CCN)cn(C)c2n1. The number of Topliss-reactive ketones (excluding diaryl/α,β-unsaturated/α-hetero) is 1. The van der Waals surface area contributed by atoms with Crippen LogP contribution in [0.2, 0.25) is 0 Å². The quantitative estimate of drug-likeness (QED) is 0.791. The monoisotopic (exact) mass is 264 g/mol. The van der Waals surface area contributed by atoms with Crippen LogP contribution in [0.3, 0.4) is 0 Å². The molecule has 0 amide bonds. The van der Waals surface area contributed by atoms with Crippen molar-refractivity contribution in [3.05, 3.63) is 11.8 Å². The van der Waals surface area contributed by atoms with E-state index in [-0.39, 0.29) is 18.2 Å². The Hall–Kier alpha value is -2.15. The standard InChI is InChI=1S/C12H16N4O3/c1-16-6-7(8(17)4-5-13)9-10(16)14-12(19-3)15-11(9)18-2/h6H,4-5,13H2,1-3H3. The Morgan fingerprint density at radius 3 is 2.68 bits per heavy atom. The van der Waals surface area contributed by atoms with E-state index in [0.29, 0.717) is 29.0 Å². The zero-order chi connectivity index (χ0) is 14.0. The molecule has 0 spiro atoms. The Labute approximate surface area is 110 Å². The molecule has 2 aromatic rings. The van der Waals surface area contributed by atoms with Crippen molar-refractivity contribution in [2.24, 2.45) is 12.8 Å². The molecule has 0 aliphatic carbocycles. The van der Waals surface area contributed by atoms with Gasteiger partial charge in [0.25, 0.3) is 0 Å². The number of aromatic nitrogens is 3. The average Bonchev–Trinajstić information content (AvgIpc) is 2.75. The smallest absolute Gasteiger partial charge is 0.321 e. The van der Waals surface area contributed by atoms with Crippen molar-refractivity contribution in [3.63, 3.8) is 0 Å². The highest BCUT2D eigenvalue weighted by Gasteiger charge is 2.20. The third-order valence-corrected chi connectivity index (χ3v) is 2.81. The molecule has 0 unspecified atom stereocenters. The Kier molecular flexibility index (Phi) is 3.66. The molecule has 0 saturated carbocycles. The lowest BCUT2D eigenvalue weighted by Crippen LogP contribution is -2.08. The average molecular weight is 264 g/mol. The van der Waals surface area contributed by atoms with Crippen LogP contribution in [0, 0.1) is 0 Å². The second kappa shape index (κ2) is 5.23. The van der Waals surface area contributed by atoms with Crippen LogP contribution >= 0.6 is 0 Å². The van der Waals surface area contributed by atoms with Gasteiger partial charge in [-0.05, 0) is 6.54 Å². The molecule has 102 valence electrons. The maximum absolute atomic E-state index is 12.1. The summed E-state index contributed by atoms with van der Waals surface area (Å²) in [7, 11) is 4.77. The third kappa shape index (κ3) is 2.24. The lowest BCUT2D eigenvalue weighted by Gasteiger charge is -2.05. The summed E-state index contributed by atoms with van der Waals surface area (Å²) in [5.74, 6) is 0.267. The van der Waals surface area contributed by atoms with Gasteiger partial charge in [-0.2, -0.15) is 9.97 Å². The Bertz CT molecular complexity index is 621. The number of rotatable bonds is 5. The zero-order valence-electron chi connectivity index (χ0n) is 11.1. The number of methoxy groups -OCH3 is 2. The number of fused-ring (bicyclic) bond motifs is 1. The topological polar surface area (TPSA) is 92.3 Å². The van der Waals surface area contributed by atoms with E-state index in [1.165, 1.54) is 14.2 Å². The fraction of sp³-hybridized carbons (Fsp3) is 0.417. The molecule has 0 aromatic carbocycles. The first-order valence-corrected chi connectivity index (χ1v) is 5.80. The summed E-state index contributed by atoms with van der Waals surface area (Å²) in [6.45, 7) is 0.300. The minimum atomic E-state index is -0.0554. The van der Waals surface area contributed by atoms with Gasteiger partial charge in [0, 0.05) is 19.7 Å². The summed E-state index contributed by atoms with van der Waals surface area (Å²) in [6.07, 6.45) is 1.98. The van der Waals surface area contributed by atoms with Crippen LogP contribution in [-0.4, -0.2) is 41.1 Å². The van der Waals surface area contributed by atoms with Crippen LogP contribution in [0.5, 0.6) is 11.9 Å². The fourth-order valence-corrected chi connectivity index (χ4v) is 1.94. The van der Waals surface area contributed by atoms with E-state index in [9.17, 15) is 4.79 Å². The fourth-order valence-electron chi connectivity index (χ4n) is 1.94. The van der Waals surface area contributed by atoms with Crippen molar-refractivity contribution in [2.45, 2.75) is 6.42 Å². The van der Waals surface area contributed by atoms with Crippen LogP contribution in [0.15, 0.2) is 6.20 Å². The molecule has 0 radical (unpaired) electrons. The van der Waals surface area contributed by atoms with Crippen molar-refractivity contribution in [1.29, 1.82) is 0 Å². The maximum atomic E-state index is 12.1. The van der Waals surface area contributed by atoms with E-state index in [4.69, 9.17) is 15.2 Å². The molecule has 7 heteroatoms. The van der Waals surface area contributed by atoms with Crippen LogP contribution in [0.1, 0.15) is 16.8 Å². The lowest BCUT2D eigenvalue weighted by molar-refractivity contribution is 0.0986.